The first-order chi connectivity index (χ1) is 6.09. The van der Waals surface area contributed by atoms with Crippen molar-refractivity contribution >= 4 is 34.8 Å². The molecule has 0 heterocycles. The van der Waals surface area contributed by atoms with E-state index in [-0.39, 0.29) is 17.3 Å². The fourth-order valence-corrected chi connectivity index (χ4v) is 1.42. The highest BCUT2D eigenvalue weighted by molar-refractivity contribution is 7.96. The Balaban J connectivity index is 2.78. The van der Waals surface area contributed by atoms with Gasteiger partial charge in [0.1, 0.15) is 5.75 Å². The van der Waals surface area contributed by atoms with Gasteiger partial charge in [-0.3, -0.25) is 4.79 Å². The molecule has 2 nitrogen and oxygen atoms in total. The smallest absolute Gasteiger partial charge is 0.191 e. The summed E-state index contributed by atoms with van der Waals surface area (Å²) in [5.74, 6) is 0.184. The summed E-state index contributed by atoms with van der Waals surface area (Å²) < 4.78 is 0. The zero-order valence-electron chi connectivity index (χ0n) is 6.73. The van der Waals surface area contributed by atoms with Gasteiger partial charge in [-0.25, -0.2) is 0 Å². The fourth-order valence-electron chi connectivity index (χ4n) is 0.887. The number of aromatic hydroxyl groups is 1. The van der Waals surface area contributed by atoms with E-state index in [1.807, 2.05) is 0 Å². The predicted octanol–water partition coefficient (Wildman–Crippen LogP) is 1.96. The molecule has 1 aromatic carbocycles. The second kappa shape index (κ2) is 4.39. The lowest BCUT2D eigenvalue weighted by atomic mass is 10.1. The van der Waals surface area contributed by atoms with Crippen molar-refractivity contribution in [2.24, 2.45) is 0 Å². The van der Waals surface area contributed by atoms with E-state index in [1.165, 1.54) is 12.1 Å². The number of rotatable bonds is 3. The molecule has 0 amide bonds. The Morgan fingerprint density at radius 3 is 2.38 bits per heavy atom. The van der Waals surface area contributed by atoms with Gasteiger partial charge < -0.3 is 5.11 Å². The molecule has 0 aliphatic carbocycles. The van der Waals surface area contributed by atoms with Crippen LogP contribution in [-0.4, -0.2) is 15.1 Å². The van der Waals surface area contributed by atoms with E-state index >= 15 is 0 Å². The van der Waals surface area contributed by atoms with Crippen LogP contribution in [0.1, 0.15) is 12.0 Å². The Kier molecular flexibility index (Phi) is 3.45. The summed E-state index contributed by atoms with van der Waals surface area (Å²) >= 11 is 8.62. The molecular formula is C9H8O2S2. The van der Waals surface area contributed by atoms with Gasteiger partial charge in [0.25, 0.3) is 0 Å². The minimum atomic E-state index is -0.252. The van der Waals surface area contributed by atoms with Crippen LogP contribution in [0.2, 0.25) is 0 Å². The molecule has 13 heavy (non-hydrogen) atoms. The topological polar surface area (TPSA) is 37.3 Å². The fraction of sp³-hybridized carbons (Fsp3) is 0.111. The number of thiol groups is 1. The molecule has 0 radical (unpaired) electrons. The number of phenols is 1. The lowest BCUT2D eigenvalue weighted by molar-refractivity contribution is -0.109. The molecule has 0 fully saturated rings. The molecule has 1 N–H and O–H groups in total. The average Bonchev–Trinajstić information content (AvgIpc) is 2.04. The highest BCUT2D eigenvalue weighted by Crippen LogP contribution is 2.12. The third kappa shape index (κ3) is 3.16. The first kappa shape index (κ1) is 10.2. The number of thiocarbonyl (C=S) groups is 1. The third-order valence-corrected chi connectivity index (χ3v) is 2.04. The molecule has 0 spiro atoms. The van der Waals surface area contributed by atoms with E-state index in [0.29, 0.717) is 4.86 Å². The molecule has 0 saturated heterocycles. The highest BCUT2D eigenvalue weighted by atomic mass is 32.1. The third-order valence-electron chi connectivity index (χ3n) is 1.50. The van der Waals surface area contributed by atoms with E-state index in [0.717, 1.165) is 5.56 Å². The first-order valence-corrected chi connectivity index (χ1v) is 4.49. The number of carbonyl (C=O) groups excluding carboxylic acids is 1. The van der Waals surface area contributed by atoms with Gasteiger partial charge in [-0.2, -0.15) is 0 Å². The molecule has 68 valence electrons. The van der Waals surface area contributed by atoms with Crippen molar-refractivity contribution in [2.75, 3.05) is 0 Å². The lowest BCUT2D eigenvalue weighted by Gasteiger charge is -2.00. The summed E-state index contributed by atoms with van der Waals surface area (Å²) in [6, 6.07) is 6.41. The molecular weight excluding hydrogens is 204 g/mol. The quantitative estimate of drug-likeness (QED) is 0.457. The Labute approximate surface area is 87.0 Å². The Morgan fingerprint density at radius 1 is 1.38 bits per heavy atom. The van der Waals surface area contributed by atoms with Gasteiger partial charge in [-0.1, -0.05) is 24.4 Å². The lowest BCUT2D eigenvalue weighted by Crippen LogP contribution is -2.01. The van der Waals surface area contributed by atoms with Gasteiger partial charge in [0.2, 0.25) is 0 Å². The number of phenolic OH excluding ortho intramolecular Hbond substituents is 1. The average molecular weight is 212 g/mol. The van der Waals surface area contributed by atoms with E-state index in [4.69, 9.17) is 17.3 Å². The minimum absolute atomic E-state index is 0.156. The van der Waals surface area contributed by atoms with Crippen LogP contribution in [0.25, 0.3) is 0 Å². The number of benzene rings is 1. The van der Waals surface area contributed by atoms with Crippen molar-refractivity contribution in [3.63, 3.8) is 0 Å². The van der Waals surface area contributed by atoms with Crippen LogP contribution in [0.15, 0.2) is 24.3 Å². The van der Waals surface area contributed by atoms with Gasteiger partial charge in [-0.15, -0.1) is 12.6 Å². The zero-order chi connectivity index (χ0) is 9.84. The van der Waals surface area contributed by atoms with Crippen molar-refractivity contribution < 1.29 is 9.90 Å². The van der Waals surface area contributed by atoms with Crippen molar-refractivity contribution in [1.29, 1.82) is 0 Å². The Bertz CT molecular complexity index is 330. The largest absolute Gasteiger partial charge is 0.508 e. The highest BCUT2D eigenvalue weighted by Gasteiger charge is 2.04. The second-order valence-corrected chi connectivity index (χ2v) is 3.53. The van der Waals surface area contributed by atoms with E-state index in [1.54, 1.807) is 12.1 Å². The maximum atomic E-state index is 10.6. The van der Waals surface area contributed by atoms with E-state index in [9.17, 15) is 4.79 Å². The molecule has 0 saturated carbocycles. The number of hydrogen-bond donors (Lipinski definition) is 2. The SMILES string of the molecule is O=C(S)CC(=S)c1ccc(O)cc1. The van der Waals surface area contributed by atoms with Crippen LogP contribution in [0.3, 0.4) is 0 Å². The molecule has 4 heteroatoms. The summed E-state index contributed by atoms with van der Waals surface area (Å²) in [5, 5.41) is 8.74. The second-order valence-electron chi connectivity index (χ2n) is 2.54. The van der Waals surface area contributed by atoms with Crippen LogP contribution in [0, 0.1) is 0 Å². The van der Waals surface area contributed by atoms with Crippen molar-refractivity contribution in [1.82, 2.24) is 0 Å². The van der Waals surface area contributed by atoms with Crippen LogP contribution in [0.5, 0.6) is 5.75 Å². The molecule has 1 rings (SSSR count). The summed E-state index contributed by atoms with van der Waals surface area (Å²) in [5.41, 5.74) is 0.773. The van der Waals surface area contributed by atoms with Gasteiger partial charge in [0.05, 0.1) is 6.42 Å². The predicted molar refractivity (Wildman–Crippen MR) is 58.4 cm³/mol. The normalized spacial score (nSPS) is 9.62. The van der Waals surface area contributed by atoms with Gasteiger partial charge in [0, 0.05) is 4.86 Å². The van der Waals surface area contributed by atoms with Crippen LogP contribution in [-0.2, 0) is 4.79 Å². The van der Waals surface area contributed by atoms with Crippen molar-refractivity contribution in [3.05, 3.63) is 29.8 Å². The zero-order valence-corrected chi connectivity index (χ0v) is 8.44. The molecule has 0 unspecified atom stereocenters. The standard InChI is InChI=1S/C9H8O2S2/c10-7-3-1-6(2-4-7)8(12)5-9(11)13/h1-4,10H,5H2,(H,11,13). The van der Waals surface area contributed by atoms with Crippen LogP contribution in [0.4, 0.5) is 0 Å². The van der Waals surface area contributed by atoms with Crippen LogP contribution < -0.4 is 0 Å². The summed E-state index contributed by atoms with van der Waals surface area (Å²) in [6.07, 6.45) is 0.156. The van der Waals surface area contributed by atoms with E-state index < -0.39 is 0 Å². The van der Waals surface area contributed by atoms with E-state index in [2.05, 4.69) is 12.6 Å². The molecule has 0 bridgehead atoms. The summed E-state index contributed by atoms with van der Waals surface area (Å²) in [7, 11) is 0. The van der Waals surface area contributed by atoms with Gasteiger partial charge in [-0.05, 0) is 17.7 Å². The first-order valence-electron chi connectivity index (χ1n) is 3.63. The molecule has 0 aromatic heterocycles. The van der Waals surface area contributed by atoms with Crippen LogP contribution >= 0.6 is 24.8 Å². The Hall–Kier alpha value is -0.870. The maximum Gasteiger partial charge on any atom is 0.191 e. The van der Waals surface area contributed by atoms with Gasteiger partial charge in [0.15, 0.2) is 5.12 Å². The molecule has 0 atom stereocenters. The molecule has 1 aromatic rings. The number of hydrogen-bond acceptors (Lipinski definition) is 3. The number of carbonyl (C=O) groups is 1. The van der Waals surface area contributed by atoms with Crippen molar-refractivity contribution in [3.8, 4) is 5.75 Å². The minimum Gasteiger partial charge on any atom is -0.508 e. The maximum absolute atomic E-state index is 10.6. The van der Waals surface area contributed by atoms with Crippen molar-refractivity contribution in [2.45, 2.75) is 6.42 Å². The molecule has 0 aliphatic heterocycles. The summed E-state index contributed by atoms with van der Waals surface area (Å²) in [6.45, 7) is 0. The summed E-state index contributed by atoms with van der Waals surface area (Å²) in [4.78, 5) is 11.2. The van der Waals surface area contributed by atoms with Gasteiger partial charge >= 0.3 is 0 Å². The monoisotopic (exact) mass is 212 g/mol. The Morgan fingerprint density at radius 2 is 1.92 bits per heavy atom. The molecule has 0 aliphatic rings.